The number of azide groups is 1. The fourth-order valence-electron chi connectivity index (χ4n) is 1.83. The molecule has 0 aromatic rings. The van der Waals surface area contributed by atoms with E-state index in [2.05, 4.69) is 10.0 Å². The van der Waals surface area contributed by atoms with Gasteiger partial charge in [0.25, 0.3) is 0 Å². The summed E-state index contributed by atoms with van der Waals surface area (Å²) in [5.74, 6) is -0.557. The van der Waals surface area contributed by atoms with E-state index in [1.165, 1.54) is 0 Å². The highest BCUT2D eigenvalue weighted by atomic mass is 16.8. The highest BCUT2D eigenvalue weighted by Crippen LogP contribution is 2.36. The summed E-state index contributed by atoms with van der Waals surface area (Å²) in [6.07, 6.45) is 0.331. The van der Waals surface area contributed by atoms with Gasteiger partial charge in [-0.2, -0.15) is 0 Å². The Kier molecular flexibility index (Phi) is 2.36. The van der Waals surface area contributed by atoms with Crippen molar-refractivity contribution >= 4 is 0 Å². The summed E-state index contributed by atoms with van der Waals surface area (Å²) in [6.45, 7) is 4.06. The van der Waals surface area contributed by atoms with Crippen molar-refractivity contribution in [3.05, 3.63) is 10.4 Å². The van der Waals surface area contributed by atoms with Crippen LogP contribution in [0.4, 0.5) is 0 Å². The maximum atomic E-state index is 8.15. The van der Waals surface area contributed by atoms with E-state index >= 15 is 0 Å². The van der Waals surface area contributed by atoms with Crippen molar-refractivity contribution in [2.75, 3.05) is 6.54 Å². The lowest BCUT2D eigenvalue weighted by Crippen LogP contribution is -2.25. The molecule has 2 rings (SSSR count). The Morgan fingerprint density at radius 2 is 2.29 bits per heavy atom. The molecule has 0 spiro atoms. The van der Waals surface area contributed by atoms with Crippen LogP contribution in [0.15, 0.2) is 5.11 Å². The van der Waals surface area contributed by atoms with Gasteiger partial charge in [0.05, 0.1) is 12.6 Å². The van der Waals surface area contributed by atoms with Gasteiger partial charge in [-0.15, -0.1) is 0 Å². The van der Waals surface area contributed by atoms with Gasteiger partial charge in [-0.3, -0.25) is 0 Å². The van der Waals surface area contributed by atoms with Crippen molar-refractivity contribution in [2.24, 2.45) is 5.11 Å². The molecule has 0 amide bonds. The van der Waals surface area contributed by atoms with Crippen LogP contribution in [0.2, 0.25) is 0 Å². The number of hydrogen-bond acceptors (Lipinski definition) is 4. The third-order valence-corrected chi connectivity index (χ3v) is 2.31. The molecule has 14 heavy (non-hydrogen) atoms. The molecule has 0 radical (unpaired) electrons. The van der Waals surface area contributed by atoms with Crippen LogP contribution in [0.5, 0.6) is 0 Å². The summed E-state index contributed by atoms with van der Waals surface area (Å²) in [5, 5.41) is 3.46. The SMILES string of the molecule is CC1(C)OC2O[C@H](CN=[N+]=[N-])C[C@H]2O1. The molecule has 3 atom stereocenters. The molecule has 2 fully saturated rings. The first-order chi connectivity index (χ1) is 6.61. The normalized spacial score (nSPS) is 39.1. The largest absolute Gasteiger partial charge is 0.346 e. The van der Waals surface area contributed by atoms with E-state index in [9.17, 15) is 0 Å². The summed E-state index contributed by atoms with van der Waals surface area (Å²) < 4.78 is 16.6. The van der Waals surface area contributed by atoms with Gasteiger partial charge in [0.15, 0.2) is 12.1 Å². The number of rotatable bonds is 2. The van der Waals surface area contributed by atoms with Crippen molar-refractivity contribution in [1.29, 1.82) is 0 Å². The molecule has 0 aromatic carbocycles. The molecule has 2 aliphatic rings. The average molecular weight is 199 g/mol. The molecule has 0 N–H and O–H groups in total. The fraction of sp³-hybridized carbons (Fsp3) is 1.00. The molecule has 2 saturated heterocycles. The van der Waals surface area contributed by atoms with Crippen molar-refractivity contribution < 1.29 is 14.2 Å². The predicted molar refractivity (Wildman–Crippen MR) is 47.3 cm³/mol. The minimum atomic E-state index is -0.557. The Bertz CT molecular complexity index is 259. The zero-order valence-electron chi connectivity index (χ0n) is 8.21. The van der Waals surface area contributed by atoms with Crippen LogP contribution >= 0.6 is 0 Å². The third-order valence-electron chi connectivity index (χ3n) is 2.31. The van der Waals surface area contributed by atoms with E-state index in [0.29, 0.717) is 6.54 Å². The molecule has 78 valence electrons. The van der Waals surface area contributed by atoms with Gasteiger partial charge in [-0.25, -0.2) is 0 Å². The second-order valence-corrected chi connectivity index (χ2v) is 3.95. The summed E-state index contributed by atoms with van der Waals surface area (Å²) in [4.78, 5) is 2.69. The van der Waals surface area contributed by atoms with Crippen molar-refractivity contribution in [1.82, 2.24) is 0 Å². The number of nitrogens with zero attached hydrogens (tertiary/aromatic N) is 3. The van der Waals surface area contributed by atoms with Crippen LogP contribution in [-0.4, -0.2) is 30.8 Å². The minimum Gasteiger partial charge on any atom is -0.346 e. The highest BCUT2D eigenvalue weighted by Gasteiger charge is 2.48. The lowest BCUT2D eigenvalue weighted by molar-refractivity contribution is -0.203. The zero-order valence-corrected chi connectivity index (χ0v) is 8.21. The molecule has 6 heteroatoms. The number of ether oxygens (including phenoxy) is 3. The van der Waals surface area contributed by atoms with E-state index in [1.807, 2.05) is 13.8 Å². The van der Waals surface area contributed by atoms with Gasteiger partial charge in [0.2, 0.25) is 0 Å². The van der Waals surface area contributed by atoms with Gasteiger partial charge in [-0.1, -0.05) is 5.11 Å². The molecular formula is C8H13N3O3. The van der Waals surface area contributed by atoms with Crippen molar-refractivity contribution in [2.45, 2.75) is 44.6 Å². The zero-order chi connectivity index (χ0) is 10.2. The van der Waals surface area contributed by atoms with Crippen LogP contribution in [0, 0.1) is 0 Å². The average Bonchev–Trinajstić information content (AvgIpc) is 2.53. The van der Waals surface area contributed by atoms with Gasteiger partial charge in [0, 0.05) is 11.3 Å². The molecule has 2 heterocycles. The Hall–Kier alpha value is -0.810. The molecule has 0 aliphatic carbocycles. The lowest BCUT2D eigenvalue weighted by atomic mass is 10.2. The topological polar surface area (TPSA) is 76.5 Å². The van der Waals surface area contributed by atoms with Gasteiger partial charge >= 0.3 is 0 Å². The highest BCUT2D eigenvalue weighted by molar-refractivity contribution is 4.85. The predicted octanol–water partition coefficient (Wildman–Crippen LogP) is 1.56. The third kappa shape index (κ3) is 1.83. The quantitative estimate of drug-likeness (QED) is 0.384. The molecule has 0 saturated carbocycles. The van der Waals surface area contributed by atoms with Crippen molar-refractivity contribution in [3.8, 4) is 0 Å². The maximum Gasteiger partial charge on any atom is 0.187 e. The number of hydrogen-bond donors (Lipinski definition) is 0. The van der Waals surface area contributed by atoms with Crippen LogP contribution in [0.3, 0.4) is 0 Å². The second-order valence-electron chi connectivity index (χ2n) is 3.95. The van der Waals surface area contributed by atoms with Crippen LogP contribution in [0.25, 0.3) is 10.4 Å². The summed E-state index contributed by atoms with van der Waals surface area (Å²) in [5.41, 5.74) is 8.15. The minimum absolute atomic E-state index is 0.0242. The monoisotopic (exact) mass is 199 g/mol. The molecule has 2 aliphatic heterocycles. The summed E-state index contributed by atoms with van der Waals surface area (Å²) >= 11 is 0. The Balaban J connectivity index is 1.90. The molecular weight excluding hydrogens is 186 g/mol. The van der Waals surface area contributed by atoms with Crippen LogP contribution in [-0.2, 0) is 14.2 Å². The van der Waals surface area contributed by atoms with E-state index < -0.39 is 5.79 Å². The van der Waals surface area contributed by atoms with E-state index in [4.69, 9.17) is 19.7 Å². The maximum absolute atomic E-state index is 8.15. The fourth-order valence-corrected chi connectivity index (χ4v) is 1.83. The Morgan fingerprint density at radius 1 is 1.50 bits per heavy atom. The van der Waals surface area contributed by atoms with Crippen molar-refractivity contribution in [3.63, 3.8) is 0 Å². The Labute approximate surface area is 81.8 Å². The van der Waals surface area contributed by atoms with E-state index in [1.54, 1.807) is 0 Å². The van der Waals surface area contributed by atoms with Gasteiger partial charge < -0.3 is 14.2 Å². The van der Waals surface area contributed by atoms with E-state index in [-0.39, 0.29) is 18.5 Å². The first-order valence-corrected chi connectivity index (χ1v) is 4.63. The van der Waals surface area contributed by atoms with E-state index in [0.717, 1.165) is 6.42 Å². The molecule has 6 nitrogen and oxygen atoms in total. The second kappa shape index (κ2) is 3.40. The molecule has 0 bridgehead atoms. The smallest absolute Gasteiger partial charge is 0.187 e. The number of fused-ring (bicyclic) bond motifs is 1. The first-order valence-electron chi connectivity index (χ1n) is 4.63. The molecule has 0 aromatic heterocycles. The molecule has 1 unspecified atom stereocenters. The summed E-state index contributed by atoms with van der Waals surface area (Å²) in [7, 11) is 0. The standard InChI is InChI=1S/C8H13N3O3/c1-8(2)13-6-3-5(4-10-11-9)12-7(6)14-8/h5-7H,3-4H2,1-2H3/t5-,6+,7?/m0/s1. The van der Waals surface area contributed by atoms with Crippen LogP contribution < -0.4 is 0 Å². The lowest BCUT2D eigenvalue weighted by Gasteiger charge is -2.19. The van der Waals surface area contributed by atoms with Gasteiger partial charge in [0.1, 0.15) is 6.10 Å². The first kappa shape index (κ1) is 9.73. The Morgan fingerprint density at radius 3 is 2.93 bits per heavy atom. The van der Waals surface area contributed by atoms with Crippen LogP contribution in [0.1, 0.15) is 20.3 Å². The van der Waals surface area contributed by atoms with Gasteiger partial charge in [-0.05, 0) is 19.4 Å². The summed E-state index contributed by atoms with van der Waals surface area (Å²) in [6, 6.07) is 0.